The maximum Gasteiger partial charge on any atom is 0.326 e. The molecule has 0 fully saturated rings. The smallest absolute Gasteiger partial charge is 0.326 e. The molecule has 0 saturated carbocycles. The van der Waals surface area contributed by atoms with E-state index in [4.69, 9.17) is 10.8 Å². The SMILES string of the molecule is CSCCC(NC(=O)C(Cc1cnc[nH]1)NC(=O)C(CCC(=O)O)NC(=O)C(N)Cc1ccc(O)cc1)C(=O)O. The summed E-state index contributed by atoms with van der Waals surface area (Å²) in [7, 11) is 0. The molecule has 1 aromatic carbocycles. The molecule has 0 aliphatic rings. The van der Waals surface area contributed by atoms with E-state index in [-0.39, 0.29) is 31.4 Å². The van der Waals surface area contributed by atoms with Gasteiger partial charge in [-0.25, -0.2) is 9.78 Å². The van der Waals surface area contributed by atoms with Gasteiger partial charge >= 0.3 is 11.9 Å². The highest BCUT2D eigenvalue weighted by Crippen LogP contribution is 2.11. The second-order valence-corrected chi connectivity index (χ2v) is 9.98. The van der Waals surface area contributed by atoms with Crippen molar-refractivity contribution in [2.24, 2.45) is 5.73 Å². The van der Waals surface area contributed by atoms with Crippen molar-refractivity contribution in [2.75, 3.05) is 12.0 Å². The molecule has 2 aromatic rings. The Morgan fingerprint density at radius 1 is 0.925 bits per heavy atom. The van der Waals surface area contributed by atoms with E-state index in [1.54, 1.807) is 18.4 Å². The van der Waals surface area contributed by atoms with Gasteiger partial charge in [-0.2, -0.15) is 11.8 Å². The van der Waals surface area contributed by atoms with E-state index < -0.39 is 60.2 Å². The molecule has 1 aromatic heterocycles. The minimum absolute atomic E-state index is 0.0415. The molecule has 0 aliphatic carbocycles. The number of benzene rings is 1. The summed E-state index contributed by atoms with van der Waals surface area (Å²) >= 11 is 1.41. The Morgan fingerprint density at radius 2 is 1.55 bits per heavy atom. The summed E-state index contributed by atoms with van der Waals surface area (Å²) in [6.45, 7) is 0. The topological polar surface area (TPSA) is 237 Å². The van der Waals surface area contributed by atoms with E-state index in [1.807, 2.05) is 0 Å². The molecule has 0 radical (unpaired) electrons. The van der Waals surface area contributed by atoms with E-state index >= 15 is 0 Å². The number of aromatic hydroxyl groups is 1. The Hall–Kier alpha value is -4.11. The highest BCUT2D eigenvalue weighted by Gasteiger charge is 2.31. The number of hydrogen-bond acceptors (Lipinski definition) is 9. The molecular weight excluding hydrogens is 544 g/mol. The Balaban J connectivity index is 2.17. The maximum atomic E-state index is 13.2. The van der Waals surface area contributed by atoms with Crippen molar-refractivity contribution in [1.82, 2.24) is 25.9 Å². The first kappa shape index (κ1) is 32.1. The van der Waals surface area contributed by atoms with Gasteiger partial charge in [0.1, 0.15) is 23.9 Å². The van der Waals surface area contributed by atoms with Gasteiger partial charge < -0.3 is 42.0 Å². The van der Waals surface area contributed by atoms with Crippen LogP contribution < -0.4 is 21.7 Å². The van der Waals surface area contributed by atoms with Gasteiger partial charge in [0.2, 0.25) is 17.7 Å². The normalized spacial score (nSPS) is 13.8. The number of rotatable bonds is 17. The number of aromatic nitrogens is 2. The molecule has 4 atom stereocenters. The van der Waals surface area contributed by atoms with Gasteiger partial charge in [0.05, 0.1) is 12.4 Å². The quantitative estimate of drug-likeness (QED) is 0.118. The average molecular weight is 579 g/mol. The van der Waals surface area contributed by atoms with Gasteiger partial charge in [0.15, 0.2) is 0 Å². The number of phenolic OH excluding ortho intramolecular Hbond substituents is 1. The van der Waals surface area contributed by atoms with Crippen molar-refractivity contribution < 1.29 is 39.3 Å². The zero-order valence-corrected chi connectivity index (χ0v) is 22.6. The van der Waals surface area contributed by atoms with Gasteiger partial charge in [-0.05, 0) is 49.0 Å². The van der Waals surface area contributed by atoms with Crippen LogP contribution in [0.4, 0.5) is 0 Å². The van der Waals surface area contributed by atoms with E-state index in [1.165, 1.54) is 36.4 Å². The van der Waals surface area contributed by atoms with Crippen LogP contribution in [0.1, 0.15) is 30.5 Å². The Labute approximate surface area is 234 Å². The zero-order chi connectivity index (χ0) is 29.7. The predicted octanol–water partition coefficient (Wildman–Crippen LogP) is -0.615. The van der Waals surface area contributed by atoms with Crippen LogP contribution in [0.3, 0.4) is 0 Å². The largest absolute Gasteiger partial charge is 0.508 e. The van der Waals surface area contributed by atoms with Crippen LogP contribution in [-0.2, 0) is 36.8 Å². The van der Waals surface area contributed by atoms with Crippen molar-refractivity contribution in [2.45, 2.75) is 56.3 Å². The van der Waals surface area contributed by atoms with E-state index in [0.717, 1.165) is 0 Å². The fourth-order valence-corrected chi connectivity index (χ4v) is 4.13. The summed E-state index contributed by atoms with van der Waals surface area (Å²) in [4.78, 5) is 68.6. The zero-order valence-electron chi connectivity index (χ0n) is 21.8. The average Bonchev–Trinajstić information content (AvgIpc) is 3.42. The van der Waals surface area contributed by atoms with Crippen molar-refractivity contribution >= 4 is 41.4 Å². The van der Waals surface area contributed by atoms with E-state index in [9.17, 15) is 34.2 Å². The van der Waals surface area contributed by atoms with Crippen LogP contribution >= 0.6 is 11.8 Å². The van der Waals surface area contributed by atoms with Crippen molar-refractivity contribution in [3.63, 3.8) is 0 Å². The molecule has 0 saturated heterocycles. The number of hydrogen-bond donors (Lipinski definition) is 8. The van der Waals surface area contributed by atoms with Gasteiger partial charge in [0, 0.05) is 24.7 Å². The summed E-state index contributed by atoms with van der Waals surface area (Å²) in [5.41, 5.74) is 7.12. The van der Waals surface area contributed by atoms with E-state index in [0.29, 0.717) is 17.0 Å². The molecule has 9 N–H and O–H groups in total. The van der Waals surface area contributed by atoms with Crippen LogP contribution in [0.15, 0.2) is 36.8 Å². The highest BCUT2D eigenvalue weighted by molar-refractivity contribution is 7.98. The first-order chi connectivity index (χ1) is 19.0. The Morgan fingerprint density at radius 3 is 2.12 bits per heavy atom. The second kappa shape index (κ2) is 16.1. The number of carbonyl (C=O) groups excluding carboxylic acids is 3. The van der Waals surface area contributed by atoms with Crippen LogP contribution in [0, 0.1) is 0 Å². The molecule has 1 heterocycles. The van der Waals surface area contributed by atoms with Crippen LogP contribution in [-0.4, -0.2) is 91.1 Å². The van der Waals surface area contributed by atoms with E-state index in [2.05, 4.69) is 25.9 Å². The number of nitrogens with one attached hydrogen (secondary N) is 4. The lowest BCUT2D eigenvalue weighted by Gasteiger charge is -2.25. The van der Waals surface area contributed by atoms with Crippen molar-refractivity contribution in [3.8, 4) is 5.75 Å². The monoisotopic (exact) mass is 578 g/mol. The van der Waals surface area contributed by atoms with Gasteiger partial charge in [-0.3, -0.25) is 19.2 Å². The first-order valence-electron chi connectivity index (χ1n) is 12.4. The minimum atomic E-state index is -1.35. The fourth-order valence-electron chi connectivity index (χ4n) is 3.66. The number of nitrogens with two attached hydrogens (primary N) is 1. The summed E-state index contributed by atoms with van der Waals surface area (Å²) in [5.74, 6) is -4.27. The van der Waals surface area contributed by atoms with Gasteiger partial charge in [0.25, 0.3) is 0 Å². The molecule has 0 aliphatic heterocycles. The number of aromatic amines is 1. The number of aliphatic carboxylic acids is 2. The molecule has 218 valence electrons. The summed E-state index contributed by atoms with van der Waals surface area (Å²) in [6.07, 6.45) is 4.01. The molecule has 40 heavy (non-hydrogen) atoms. The number of nitrogens with zero attached hydrogens (tertiary/aromatic N) is 1. The highest BCUT2D eigenvalue weighted by atomic mass is 32.2. The summed E-state index contributed by atoms with van der Waals surface area (Å²) in [5, 5.41) is 35.5. The minimum Gasteiger partial charge on any atom is -0.508 e. The lowest BCUT2D eigenvalue weighted by molar-refractivity contribution is -0.142. The molecule has 15 heteroatoms. The van der Waals surface area contributed by atoms with Crippen LogP contribution in [0.5, 0.6) is 5.75 Å². The Bertz CT molecular complexity index is 1140. The number of amides is 3. The van der Waals surface area contributed by atoms with Crippen molar-refractivity contribution in [3.05, 3.63) is 48.0 Å². The van der Waals surface area contributed by atoms with Gasteiger partial charge in [-0.15, -0.1) is 0 Å². The Kier molecular flexibility index (Phi) is 12.9. The lowest BCUT2D eigenvalue weighted by Crippen LogP contribution is -2.58. The number of phenols is 1. The summed E-state index contributed by atoms with van der Waals surface area (Å²) < 4.78 is 0. The molecule has 14 nitrogen and oxygen atoms in total. The van der Waals surface area contributed by atoms with Crippen LogP contribution in [0.2, 0.25) is 0 Å². The number of carboxylic acids is 2. The number of H-pyrrole nitrogens is 1. The lowest BCUT2D eigenvalue weighted by atomic mass is 10.0. The molecule has 0 spiro atoms. The third-order valence-corrected chi connectivity index (χ3v) is 6.49. The van der Waals surface area contributed by atoms with Gasteiger partial charge in [-0.1, -0.05) is 12.1 Å². The molecular formula is C25H34N6O8S. The standard InChI is InChI=1S/C25H34N6O8S/c1-40-9-8-19(25(38)39)30-24(37)20(11-15-12-27-13-28-15)31-23(36)18(6-7-21(33)34)29-22(35)17(26)10-14-2-4-16(32)5-3-14/h2-5,12-13,17-20,32H,6-11,26H2,1H3,(H,27,28)(H,29,35)(H,30,37)(H,31,36)(H,33,34)(H,38,39). The number of carbonyl (C=O) groups is 5. The van der Waals surface area contributed by atoms with Crippen molar-refractivity contribution in [1.29, 1.82) is 0 Å². The molecule has 0 bridgehead atoms. The fraction of sp³-hybridized carbons (Fsp3) is 0.440. The second-order valence-electron chi connectivity index (χ2n) is 8.99. The predicted molar refractivity (Wildman–Crippen MR) is 145 cm³/mol. The summed E-state index contributed by atoms with van der Waals surface area (Å²) in [6, 6.07) is 1.13. The van der Waals surface area contributed by atoms with Crippen LogP contribution in [0.25, 0.3) is 0 Å². The number of carboxylic acid groups (broad SMARTS) is 2. The first-order valence-corrected chi connectivity index (χ1v) is 13.7. The number of imidazole rings is 1. The molecule has 3 amide bonds. The third-order valence-electron chi connectivity index (χ3n) is 5.85. The maximum absolute atomic E-state index is 13.2. The molecule has 2 rings (SSSR count). The number of thioether (sulfide) groups is 1. The molecule has 4 unspecified atom stereocenters. The third kappa shape index (κ3) is 10.9.